The van der Waals surface area contributed by atoms with Crippen molar-refractivity contribution < 1.29 is 9.52 Å². The molecule has 0 amide bonds. The van der Waals surface area contributed by atoms with Gasteiger partial charge in [-0.2, -0.15) is 0 Å². The maximum Gasteiger partial charge on any atom is 0.257 e. The van der Waals surface area contributed by atoms with Crippen molar-refractivity contribution in [3.63, 3.8) is 0 Å². The highest BCUT2D eigenvalue weighted by atomic mass is 79.9. The minimum absolute atomic E-state index is 0.0660. The zero-order valence-electron chi connectivity index (χ0n) is 10.1. The maximum absolute atomic E-state index is 9.06. The van der Waals surface area contributed by atoms with Crippen LogP contribution in [0.4, 0.5) is 0 Å². The summed E-state index contributed by atoms with van der Waals surface area (Å²) >= 11 is 4.95. The second-order valence-corrected chi connectivity index (χ2v) is 6.51. The van der Waals surface area contributed by atoms with E-state index in [4.69, 9.17) is 9.52 Å². The van der Waals surface area contributed by atoms with E-state index in [-0.39, 0.29) is 12.6 Å². The molecule has 0 aliphatic carbocycles. The summed E-state index contributed by atoms with van der Waals surface area (Å²) in [7, 11) is 1.91. The van der Waals surface area contributed by atoms with Crippen molar-refractivity contribution in [2.45, 2.75) is 19.5 Å². The number of rotatable bonds is 5. The third kappa shape index (κ3) is 3.17. The summed E-state index contributed by atoms with van der Waals surface area (Å²) in [5.74, 6) is 1.09. The first-order chi connectivity index (χ1) is 8.60. The zero-order valence-corrected chi connectivity index (χ0v) is 12.5. The van der Waals surface area contributed by atoms with Gasteiger partial charge in [0.1, 0.15) is 0 Å². The number of hydrogen-bond acceptors (Lipinski definition) is 6. The minimum atomic E-state index is 0.0660. The Morgan fingerprint density at radius 1 is 1.50 bits per heavy atom. The molecular formula is C11H14BrN3O2S. The number of aliphatic hydroxyl groups excluding tert-OH is 1. The van der Waals surface area contributed by atoms with Gasteiger partial charge in [0.2, 0.25) is 5.89 Å². The van der Waals surface area contributed by atoms with Gasteiger partial charge in [-0.3, -0.25) is 4.90 Å². The number of likely N-dealkylation sites (N-methyl/N-ethyl adjacent to an activating group) is 1. The highest BCUT2D eigenvalue weighted by Crippen LogP contribution is 2.30. The average molecular weight is 332 g/mol. The highest BCUT2D eigenvalue weighted by Gasteiger charge is 2.14. The van der Waals surface area contributed by atoms with Gasteiger partial charge in [0, 0.05) is 6.04 Å². The van der Waals surface area contributed by atoms with Gasteiger partial charge < -0.3 is 9.52 Å². The SMILES string of the molecule is CC(CO)N(C)Cc1nnc(-c2ccc(Br)s2)o1. The van der Waals surface area contributed by atoms with Crippen molar-refractivity contribution in [1.82, 2.24) is 15.1 Å². The number of thiophene rings is 1. The predicted molar refractivity (Wildman–Crippen MR) is 73.3 cm³/mol. The minimum Gasteiger partial charge on any atom is -0.419 e. The first-order valence-electron chi connectivity index (χ1n) is 5.49. The van der Waals surface area contributed by atoms with Crippen LogP contribution in [0, 0.1) is 0 Å². The van der Waals surface area contributed by atoms with E-state index in [1.165, 1.54) is 0 Å². The quantitative estimate of drug-likeness (QED) is 0.911. The number of aliphatic hydroxyl groups is 1. The third-order valence-electron chi connectivity index (χ3n) is 2.65. The molecule has 0 spiro atoms. The van der Waals surface area contributed by atoms with Gasteiger partial charge in [-0.1, -0.05) is 0 Å². The fourth-order valence-corrected chi connectivity index (χ4v) is 2.66. The van der Waals surface area contributed by atoms with Crippen LogP contribution >= 0.6 is 27.3 Å². The highest BCUT2D eigenvalue weighted by molar-refractivity contribution is 9.11. The molecule has 2 heterocycles. The van der Waals surface area contributed by atoms with Crippen molar-refractivity contribution in [3.8, 4) is 10.8 Å². The van der Waals surface area contributed by atoms with Gasteiger partial charge in [-0.15, -0.1) is 21.5 Å². The van der Waals surface area contributed by atoms with Crippen molar-refractivity contribution >= 4 is 27.3 Å². The van der Waals surface area contributed by atoms with Gasteiger partial charge in [0.15, 0.2) is 0 Å². The summed E-state index contributed by atoms with van der Waals surface area (Å²) in [6.45, 7) is 2.57. The first-order valence-corrected chi connectivity index (χ1v) is 7.10. The summed E-state index contributed by atoms with van der Waals surface area (Å²) in [4.78, 5) is 2.90. The first kappa shape index (κ1) is 13.7. The topological polar surface area (TPSA) is 62.4 Å². The number of aromatic nitrogens is 2. The Kier molecular flexibility index (Phi) is 4.50. The molecule has 0 aromatic carbocycles. The third-order valence-corrected chi connectivity index (χ3v) is 4.26. The van der Waals surface area contributed by atoms with Gasteiger partial charge in [-0.05, 0) is 42.0 Å². The standard InChI is InChI=1S/C11H14BrN3O2S/c1-7(6-16)15(2)5-10-13-14-11(17-10)8-3-4-9(12)18-8/h3-4,7,16H,5-6H2,1-2H3. The summed E-state index contributed by atoms with van der Waals surface area (Å²) in [6, 6.07) is 3.95. The largest absolute Gasteiger partial charge is 0.419 e. The smallest absolute Gasteiger partial charge is 0.257 e. The Morgan fingerprint density at radius 2 is 2.28 bits per heavy atom. The van der Waals surface area contributed by atoms with Crippen LogP contribution in [0.1, 0.15) is 12.8 Å². The van der Waals surface area contributed by atoms with Crippen molar-refractivity contribution in [2.75, 3.05) is 13.7 Å². The van der Waals surface area contributed by atoms with Gasteiger partial charge in [-0.25, -0.2) is 0 Å². The van der Waals surface area contributed by atoms with Crippen LogP contribution in [-0.4, -0.2) is 39.9 Å². The summed E-state index contributed by atoms with van der Waals surface area (Å²) in [5.41, 5.74) is 0. The van der Waals surface area contributed by atoms with Gasteiger partial charge in [0.05, 0.1) is 21.8 Å². The zero-order chi connectivity index (χ0) is 13.1. The molecule has 0 radical (unpaired) electrons. The second-order valence-electron chi connectivity index (χ2n) is 4.05. The van der Waals surface area contributed by atoms with E-state index >= 15 is 0 Å². The fraction of sp³-hybridized carbons (Fsp3) is 0.455. The van der Waals surface area contributed by atoms with E-state index in [1.807, 2.05) is 31.0 Å². The molecule has 0 saturated carbocycles. The molecule has 7 heteroatoms. The molecule has 1 atom stereocenters. The fourth-order valence-electron chi connectivity index (χ4n) is 1.35. The Labute approximate surface area is 118 Å². The molecule has 0 saturated heterocycles. The summed E-state index contributed by atoms with van der Waals surface area (Å²) < 4.78 is 6.62. The van der Waals surface area contributed by atoms with Gasteiger partial charge >= 0.3 is 0 Å². The molecular weight excluding hydrogens is 318 g/mol. The maximum atomic E-state index is 9.06. The van der Waals surface area contributed by atoms with Crippen LogP contribution in [0.25, 0.3) is 10.8 Å². The molecule has 0 aliphatic rings. The molecule has 18 heavy (non-hydrogen) atoms. The van der Waals surface area contributed by atoms with E-state index in [2.05, 4.69) is 26.1 Å². The lowest BCUT2D eigenvalue weighted by Gasteiger charge is -2.20. The summed E-state index contributed by atoms with van der Waals surface area (Å²) in [5, 5.41) is 17.1. The number of hydrogen-bond donors (Lipinski definition) is 1. The van der Waals surface area contributed by atoms with Crippen LogP contribution < -0.4 is 0 Å². The van der Waals surface area contributed by atoms with E-state index in [0.29, 0.717) is 18.3 Å². The summed E-state index contributed by atoms with van der Waals surface area (Å²) in [6.07, 6.45) is 0. The van der Waals surface area contributed by atoms with Crippen LogP contribution in [-0.2, 0) is 6.54 Å². The van der Waals surface area contributed by atoms with E-state index in [0.717, 1.165) is 8.66 Å². The Hall–Kier alpha value is -0.760. The lowest BCUT2D eigenvalue weighted by Crippen LogP contribution is -2.31. The Morgan fingerprint density at radius 3 is 2.89 bits per heavy atom. The molecule has 98 valence electrons. The van der Waals surface area contributed by atoms with E-state index in [9.17, 15) is 0 Å². The molecule has 1 N–H and O–H groups in total. The Balaban J connectivity index is 2.07. The van der Waals surface area contributed by atoms with Crippen LogP contribution in [0.2, 0.25) is 0 Å². The lowest BCUT2D eigenvalue weighted by atomic mass is 10.3. The molecule has 2 rings (SSSR count). The monoisotopic (exact) mass is 331 g/mol. The number of nitrogens with zero attached hydrogens (tertiary/aromatic N) is 3. The molecule has 5 nitrogen and oxygen atoms in total. The predicted octanol–water partition coefficient (Wildman–Crippen LogP) is 2.37. The van der Waals surface area contributed by atoms with Crippen molar-refractivity contribution in [2.24, 2.45) is 0 Å². The van der Waals surface area contributed by atoms with Crippen LogP contribution in [0.3, 0.4) is 0 Å². The normalized spacial score (nSPS) is 13.2. The molecule has 0 bridgehead atoms. The van der Waals surface area contributed by atoms with Crippen LogP contribution in [0.5, 0.6) is 0 Å². The molecule has 1 unspecified atom stereocenters. The van der Waals surface area contributed by atoms with Crippen LogP contribution in [0.15, 0.2) is 20.3 Å². The lowest BCUT2D eigenvalue weighted by molar-refractivity contribution is 0.145. The molecule has 2 aromatic rings. The van der Waals surface area contributed by atoms with Crippen molar-refractivity contribution in [1.29, 1.82) is 0 Å². The Bertz CT molecular complexity index is 514. The van der Waals surface area contributed by atoms with E-state index in [1.54, 1.807) is 11.3 Å². The molecule has 2 aromatic heterocycles. The average Bonchev–Trinajstić information content (AvgIpc) is 2.96. The molecule has 0 fully saturated rings. The number of halogens is 1. The molecule has 0 aliphatic heterocycles. The van der Waals surface area contributed by atoms with Crippen molar-refractivity contribution in [3.05, 3.63) is 21.8 Å². The van der Waals surface area contributed by atoms with Gasteiger partial charge in [0.25, 0.3) is 5.89 Å². The second kappa shape index (κ2) is 5.92. The van der Waals surface area contributed by atoms with E-state index < -0.39 is 0 Å².